The third-order valence-corrected chi connectivity index (χ3v) is 4.20. The lowest BCUT2D eigenvalue weighted by atomic mass is 9.97. The molecule has 0 saturated carbocycles. The second-order valence-electron chi connectivity index (χ2n) is 4.89. The zero-order valence-electron chi connectivity index (χ0n) is 10.4. The fourth-order valence-electron chi connectivity index (χ4n) is 2.76. The monoisotopic (exact) mass is 296 g/mol. The summed E-state index contributed by atoms with van der Waals surface area (Å²) in [5.74, 6) is 0. The highest BCUT2D eigenvalue weighted by Crippen LogP contribution is 2.29. The average Bonchev–Trinajstić information content (AvgIpc) is 2.33. The van der Waals surface area contributed by atoms with Gasteiger partial charge in [0.05, 0.1) is 0 Å². The number of benzene rings is 1. The maximum absolute atomic E-state index is 5.99. The van der Waals surface area contributed by atoms with Gasteiger partial charge in [-0.05, 0) is 44.0 Å². The van der Waals surface area contributed by atoms with E-state index in [9.17, 15) is 0 Å². The van der Waals surface area contributed by atoms with Crippen molar-refractivity contribution in [3.05, 3.63) is 34.3 Å². The van der Waals surface area contributed by atoms with Gasteiger partial charge in [0.2, 0.25) is 0 Å². The molecule has 0 radical (unpaired) electrons. The highest BCUT2D eigenvalue weighted by atomic mass is 79.9. The Labute approximate surface area is 112 Å². The quantitative estimate of drug-likeness (QED) is 0.927. The van der Waals surface area contributed by atoms with Crippen molar-refractivity contribution in [2.75, 3.05) is 13.1 Å². The Kier molecular flexibility index (Phi) is 4.60. The Hall–Kier alpha value is -0.380. The van der Waals surface area contributed by atoms with Crippen LogP contribution in [-0.2, 0) is 0 Å². The van der Waals surface area contributed by atoms with Crippen molar-refractivity contribution in [1.29, 1.82) is 0 Å². The van der Waals surface area contributed by atoms with E-state index in [1.165, 1.54) is 31.4 Å². The maximum Gasteiger partial charge on any atom is 0.0473 e. The van der Waals surface area contributed by atoms with Gasteiger partial charge in [-0.1, -0.05) is 34.5 Å². The Morgan fingerprint density at radius 2 is 2.29 bits per heavy atom. The molecule has 2 nitrogen and oxygen atoms in total. The van der Waals surface area contributed by atoms with Crippen molar-refractivity contribution in [1.82, 2.24) is 4.90 Å². The van der Waals surface area contributed by atoms with E-state index < -0.39 is 0 Å². The first kappa shape index (κ1) is 13.1. The molecule has 0 amide bonds. The molecule has 0 spiro atoms. The third-order valence-electron chi connectivity index (χ3n) is 3.71. The van der Waals surface area contributed by atoms with Crippen LogP contribution >= 0.6 is 15.9 Å². The number of hydrogen-bond acceptors (Lipinski definition) is 2. The first-order valence-corrected chi connectivity index (χ1v) is 7.23. The van der Waals surface area contributed by atoms with Crippen LogP contribution in [-0.4, -0.2) is 24.0 Å². The van der Waals surface area contributed by atoms with Crippen molar-refractivity contribution in [2.24, 2.45) is 5.73 Å². The standard InChI is InChI=1S/C14H21BrN2/c1-11-5-2-3-8-17(11)14(10-16)12-6-4-7-13(15)9-12/h4,6-7,9,11,14H,2-3,5,8,10,16H2,1H3. The van der Waals surface area contributed by atoms with Gasteiger partial charge >= 0.3 is 0 Å². The molecule has 2 atom stereocenters. The first-order valence-electron chi connectivity index (χ1n) is 6.43. The molecule has 1 fully saturated rings. The van der Waals surface area contributed by atoms with Gasteiger partial charge in [-0.25, -0.2) is 0 Å². The van der Waals surface area contributed by atoms with Gasteiger partial charge in [0.15, 0.2) is 0 Å². The normalized spacial score (nSPS) is 23.6. The van der Waals surface area contributed by atoms with Gasteiger partial charge in [-0.15, -0.1) is 0 Å². The van der Waals surface area contributed by atoms with Crippen LogP contribution in [0.5, 0.6) is 0 Å². The lowest BCUT2D eigenvalue weighted by molar-refractivity contribution is 0.109. The summed E-state index contributed by atoms with van der Waals surface area (Å²) in [4.78, 5) is 2.56. The Morgan fingerprint density at radius 3 is 2.94 bits per heavy atom. The Balaban J connectivity index is 2.20. The largest absolute Gasteiger partial charge is 0.329 e. The van der Waals surface area contributed by atoms with E-state index in [1.54, 1.807) is 0 Å². The van der Waals surface area contributed by atoms with E-state index in [2.05, 4.69) is 52.0 Å². The third kappa shape index (κ3) is 3.09. The molecule has 2 N–H and O–H groups in total. The molecular weight excluding hydrogens is 276 g/mol. The smallest absolute Gasteiger partial charge is 0.0473 e. The summed E-state index contributed by atoms with van der Waals surface area (Å²) >= 11 is 3.54. The predicted octanol–water partition coefficient (Wildman–Crippen LogP) is 3.32. The topological polar surface area (TPSA) is 29.3 Å². The number of nitrogens with zero attached hydrogens (tertiary/aromatic N) is 1. The van der Waals surface area contributed by atoms with Crippen molar-refractivity contribution < 1.29 is 0 Å². The van der Waals surface area contributed by atoms with Crippen molar-refractivity contribution in [2.45, 2.75) is 38.3 Å². The van der Waals surface area contributed by atoms with E-state index in [0.29, 0.717) is 18.6 Å². The van der Waals surface area contributed by atoms with Gasteiger partial charge in [-0.3, -0.25) is 4.90 Å². The van der Waals surface area contributed by atoms with Crippen LogP contribution in [0, 0.1) is 0 Å². The number of nitrogens with two attached hydrogens (primary N) is 1. The molecular formula is C14H21BrN2. The molecule has 94 valence electrons. The summed E-state index contributed by atoms with van der Waals surface area (Å²) in [7, 11) is 0. The van der Waals surface area contributed by atoms with Gasteiger partial charge in [0.1, 0.15) is 0 Å². The summed E-state index contributed by atoms with van der Waals surface area (Å²) in [5.41, 5.74) is 7.32. The Morgan fingerprint density at radius 1 is 1.47 bits per heavy atom. The summed E-state index contributed by atoms with van der Waals surface area (Å²) < 4.78 is 1.14. The Bertz CT molecular complexity index is 367. The summed E-state index contributed by atoms with van der Waals surface area (Å²) in [6.45, 7) is 4.19. The molecule has 1 aliphatic rings. The maximum atomic E-state index is 5.99. The highest BCUT2D eigenvalue weighted by molar-refractivity contribution is 9.10. The van der Waals surface area contributed by atoms with E-state index in [1.807, 2.05) is 0 Å². The van der Waals surface area contributed by atoms with Gasteiger partial charge in [0, 0.05) is 23.1 Å². The van der Waals surface area contributed by atoms with Gasteiger partial charge in [-0.2, -0.15) is 0 Å². The summed E-state index contributed by atoms with van der Waals surface area (Å²) in [6, 6.07) is 9.55. The molecule has 0 aliphatic carbocycles. The first-order chi connectivity index (χ1) is 8.22. The highest BCUT2D eigenvalue weighted by Gasteiger charge is 2.26. The number of rotatable bonds is 3. The van der Waals surface area contributed by atoms with Crippen LogP contribution < -0.4 is 5.73 Å². The van der Waals surface area contributed by atoms with E-state index in [4.69, 9.17) is 5.73 Å². The molecule has 2 rings (SSSR count). The fourth-order valence-corrected chi connectivity index (χ4v) is 3.18. The molecule has 3 heteroatoms. The van der Waals surface area contributed by atoms with Crippen molar-refractivity contribution in [3.63, 3.8) is 0 Å². The summed E-state index contributed by atoms with van der Waals surface area (Å²) in [6.07, 6.45) is 3.95. The molecule has 0 aromatic heterocycles. The minimum absolute atomic E-state index is 0.364. The zero-order chi connectivity index (χ0) is 12.3. The second kappa shape index (κ2) is 5.98. The van der Waals surface area contributed by atoms with Gasteiger partial charge < -0.3 is 5.73 Å². The number of piperidine rings is 1. The minimum Gasteiger partial charge on any atom is -0.329 e. The zero-order valence-corrected chi connectivity index (χ0v) is 12.0. The second-order valence-corrected chi connectivity index (χ2v) is 5.80. The number of halogens is 1. The van der Waals surface area contributed by atoms with Crippen LogP contribution in [0.15, 0.2) is 28.7 Å². The minimum atomic E-state index is 0.364. The van der Waals surface area contributed by atoms with Crippen LogP contribution in [0.4, 0.5) is 0 Å². The SMILES string of the molecule is CC1CCCCN1C(CN)c1cccc(Br)c1. The predicted molar refractivity (Wildman–Crippen MR) is 76.0 cm³/mol. The summed E-state index contributed by atoms with van der Waals surface area (Å²) in [5, 5.41) is 0. The van der Waals surface area contributed by atoms with Crippen molar-refractivity contribution in [3.8, 4) is 0 Å². The molecule has 17 heavy (non-hydrogen) atoms. The number of likely N-dealkylation sites (tertiary alicyclic amines) is 1. The average molecular weight is 297 g/mol. The molecule has 1 saturated heterocycles. The molecule has 1 aliphatic heterocycles. The van der Waals surface area contributed by atoms with Gasteiger partial charge in [0.25, 0.3) is 0 Å². The molecule has 1 aromatic carbocycles. The molecule has 1 heterocycles. The van der Waals surface area contributed by atoms with Crippen LogP contribution in [0.1, 0.15) is 37.8 Å². The van der Waals surface area contributed by atoms with Crippen LogP contribution in [0.3, 0.4) is 0 Å². The molecule has 1 aromatic rings. The van der Waals surface area contributed by atoms with Crippen LogP contribution in [0.2, 0.25) is 0 Å². The van der Waals surface area contributed by atoms with E-state index in [0.717, 1.165) is 4.47 Å². The molecule has 2 unspecified atom stereocenters. The lowest BCUT2D eigenvalue weighted by Crippen LogP contribution is -2.43. The van der Waals surface area contributed by atoms with E-state index in [-0.39, 0.29) is 0 Å². The lowest BCUT2D eigenvalue weighted by Gasteiger charge is -2.39. The van der Waals surface area contributed by atoms with Crippen molar-refractivity contribution >= 4 is 15.9 Å². The number of hydrogen-bond donors (Lipinski definition) is 1. The van der Waals surface area contributed by atoms with Crippen LogP contribution in [0.25, 0.3) is 0 Å². The van der Waals surface area contributed by atoms with E-state index >= 15 is 0 Å². The fraction of sp³-hybridized carbons (Fsp3) is 0.571. The molecule has 0 bridgehead atoms.